The minimum absolute atomic E-state index is 0. The Balaban J connectivity index is 0.00000256. The van der Waals surface area contributed by atoms with Gasteiger partial charge >= 0.3 is 0 Å². The van der Waals surface area contributed by atoms with E-state index in [0.717, 1.165) is 19.0 Å². The molecule has 1 rings (SSSR count). The molecule has 0 saturated heterocycles. The third-order valence-corrected chi connectivity index (χ3v) is 2.90. The van der Waals surface area contributed by atoms with Crippen LogP contribution in [0.3, 0.4) is 0 Å². The van der Waals surface area contributed by atoms with E-state index in [1.165, 1.54) is 32.1 Å². The van der Waals surface area contributed by atoms with Gasteiger partial charge in [0.05, 0.1) is 0 Å². The summed E-state index contributed by atoms with van der Waals surface area (Å²) in [5.74, 6) is 1.63. The van der Waals surface area contributed by atoms with Crippen LogP contribution in [0, 0.1) is 5.92 Å². The van der Waals surface area contributed by atoms with Gasteiger partial charge < -0.3 is 10.6 Å². The van der Waals surface area contributed by atoms with Crippen molar-refractivity contribution in [3.63, 3.8) is 0 Å². The van der Waals surface area contributed by atoms with Gasteiger partial charge in [0.1, 0.15) is 0 Å². The zero-order valence-electron chi connectivity index (χ0n) is 11.5. The first-order valence-corrected chi connectivity index (χ1v) is 6.77. The first kappa shape index (κ1) is 17.0. The van der Waals surface area contributed by atoms with Crippen LogP contribution in [0.1, 0.15) is 52.9 Å². The average Bonchev–Trinajstić information content (AvgIpc) is 2.27. The Morgan fingerprint density at radius 2 is 1.88 bits per heavy atom. The summed E-state index contributed by atoms with van der Waals surface area (Å²) in [7, 11) is 0. The highest BCUT2D eigenvalue weighted by Gasteiger charge is 2.14. The second-order valence-electron chi connectivity index (χ2n) is 5.09. The number of nitrogens with one attached hydrogen (secondary N) is 2. The van der Waals surface area contributed by atoms with Crippen molar-refractivity contribution in [3.8, 4) is 0 Å². The Bertz CT molecular complexity index is 211. The lowest BCUT2D eigenvalue weighted by atomic mass is 9.96. The van der Waals surface area contributed by atoms with E-state index in [4.69, 9.17) is 0 Å². The molecular formula is C13H28IN3. The molecule has 0 aromatic rings. The topological polar surface area (TPSA) is 36.4 Å². The Morgan fingerprint density at radius 1 is 1.24 bits per heavy atom. The summed E-state index contributed by atoms with van der Waals surface area (Å²) in [5, 5.41) is 6.88. The van der Waals surface area contributed by atoms with Crippen LogP contribution < -0.4 is 10.6 Å². The number of halogens is 1. The van der Waals surface area contributed by atoms with Crippen LogP contribution in [-0.4, -0.2) is 25.1 Å². The maximum Gasteiger partial charge on any atom is 0.191 e. The Morgan fingerprint density at radius 3 is 2.41 bits per heavy atom. The molecule has 0 aliphatic heterocycles. The van der Waals surface area contributed by atoms with Crippen LogP contribution in [0.25, 0.3) is 0 Å². The van der Waals surface area contributed by atoms with E-state index in [0.29, 0.717) is 12.0 Å². The molecule has 0 amide bonds. The van der Waals surface area contributed by atoms with Crippen molar-refractivity contribution in [2.45, 2.75) is 58.9 Å². The number of hydrogen-bond donors (Lipinski definition) is 2. The quantitative estimate of drug-likeness (QED) is 0.463. The second kappa shape index (κ2) is 9.97. The van der Waals surface area contributed by atoms with E-state index in [2.05, 4.69) is 36.4 Å². The van der Waals surface area contributed by atoms with Crippen molar-refractivity contribution in [1.29, 1.82) is 0 Å². The SMILES string of the molecule is CCNC(=NCC(C)C)NC1CCCCC1.I. The molecule has 17 heavy (non-hydrogen) atoms. The highest BCUT2D eigenvalue weighted by molar-refractivity contribution is 14.0. The van der Waals surface area contributed by atoms with E-state index in [-0.39, 0.29) is 24.0 Å². The standard InChI is InChI=1S/C13H27N3.HI/c1-4-14-13(15-10-11(2)3)16-12-8-6-5-7-9-12;/h11-12H,4-10H2,1-3H3,(H2,14,15,16);1H. The third-order valence-electron chi connectivity index (χ3n) is 2.90. The minimum atomic E-state index is 0. The van der Waals surface area contributed by atoms with E-state index < -0.39 is 0 Å². The minimum Gasteiger partial charge on any atom is -0.357 e. The van der Waals surface area contributed by atoms with E-state index in [1.54, 1.807) is 0 Å². The van der Waals surface area contributed by atoms with E-state index >= 15 is 0 Å². The van der Waals surface area contributed by atoms with Gasteiger partial charge in [-0.3, -0.25) is 4.99 Å². The molecule has 102 valence electrons. The third kappa shape index (κ3) is 7.84. The maximum absolute atomic E-state index is 4.60. The predicted molar refractivity (Wildman–Crippen MR) is 86.2 cm³/mol. The lowest BCUT2D eigenvalue weighted by molar-refractivity contribution is 0.410. The molecule has 0 aromatic heterocycles. The summed E-state index contributed by atoms with van der Waals surface area (Å²) in [6.45, 7) is 8.37. The van der Waals surface area contributed by atoms with E-state index in [1.807, 2.05) is 0 Å². The Hall–Kier alpha value is 0. The van der Waals surface area contributed by atoms with Gasteiger partial charge in [-0.2, -0.15) is 0 Å². The molecule has 1 fully saturated rings. The van der Waals surface area contributed by atoms with Gasteiger partial charge in [0, 0.05) is 19.1 Å². The van der Waals surface area contributed by atoms with Crippen LogP contribution in [0.2, 0.25) is 0 Å². The smallest absolute Gasteiger partial charge is 0.191 e. The molecule has 3 nitrogen and oxygen atoms in total. The molecule has 1 aliphatic rings. The molecule has 0 aromatic carbocycles. The summed E-state index contributed by atoms with van der Waals surface area (Å²) in [4.78, 5) is 4.60. The molecule has 1 aliphatic carbocycles. The molecule has 2 N–H and O–H groups in total. The number of rotatable bonds is 4. The monoisotopic (exact) mass is 353 g/mol. The summed E-state index contributed by atoms with van der Waals surface area (Å²) in [6.07, 6.45) is 6.72. The fraction of sp³-hybridized carbons (Fsp3) is 0.923. The molecule has 0 bridgehead atoms. The first-order valence-electron chi connectivity index (χ1n) is 6.77. The summed E-state index contributed by atoms with van der Waals surface area (Å²) >= 11 is 0. The van der Waals surface area contributed by atoms with Gasteiger partial charge in [-0.05, 0) is 25.7 Å². The molecule has 0 unspecified atom stereocenters. The van der Waals surface area contributed by atoms with Gasteiger partial charge in [-0.1, -0.05) is 33.1 Å². The van der Waals surface area contributed by atoms with Crippen LogP contribution in [-0.2, 0) is 0 Å². The first-order chi connectivity index (χ1) is 7.72. The Kier molecular flexibility index (Phi) is 9.97. The van der Waals surface area contributed by atoms with Crippen molar-refractivity contribution in [3.05, 3.63) is 0 Å². The maximum atomic E-state index is 4.60. The summed E-state index contributed by atoms with van der Waals surface area (Å²) < 4.78 is 0. The fourth-order valence-corrected chi connectivity index (χ4v) is 2.03. The van der Waals surface area contributed by atoms with Crippen molar-refractivity contribution in [2.24, 2.45) is 10.9 Å². The zero-order valence-corrected chi connectivity index (χ0v) is 13.8. The molecule has 0 spiro atoms. The van der Waals surface area contributed by atoms with Crippen LogP contribution in [0.4, 0.5) is 0 Å². The van der Waals surface area contributed by atoms with E-state index in [9.17, 15) is 0 Å². The number of aliphatic imine (C=N–C) groups is 1. The van der Waals surface area contributed by atoms with Crippen LogP contribution in [0.5, 0.6) is 0 Å². The number of nitrogens with zero attached hydrogens (tertiary/aromatic N) is 1. The molecule has 0 atom stereocenters. The Labute approximate surface area is 123 Å². The van der Waals surface area contributed by atoms with Gasteiger partial charge in [-0.15, -0.1) is 24.0 Å². The average molecular weight is 353 g/mol. The normalized spacial score (nSPS) is 17.8. The predicted octanol–water partition coefficient (Wildman–Crippen LogP) is 3.15. The van der Waals surface area contributed by atoms with Crippen molar-refractivity contribution < 1.29 is 0 Å². The van der Waals surface area contributed by atoms with Crippen molar-refractivity contribution in [2.75, 3.05) is 13.1 Å². The number of hydrogen-bond acceptors (Lipinski definition) is 1. The highest BCUT2D eigenvalue weighted by atomic mass is 127. The van der Waals surface area contributed by atoms with Gasteiger partial charge in [0.2, 0.25) is 0 Å². The van der Waals surface area contributed by atoms with Gasteiger partial charge in [0.15, 0.2) is 5.96 Å². The number of guanidine groups is 1. The highest BCUT2D eigenvalue weighted by Crippen LogP contribution is 2.17. The molecule has 0 radical (unpaired) electrons. The van der Waals surface area contributed by atoms with Crippen LogP contribution in [0.15, 0.2) is 4.99 Å². The lowest BCUT2D eigenvalue weighted by Crippen LogP contribution is -2.44. The summed E-state index contributed by atoms with van der Waals surface area (Å²) in [6, 6.07) is 0.638. The molecular weight excluding hydrogens is 325 g/mol. The second-order valence-corrected chi connectivity index (χ2v) is 5.09. The molecule has 1 saturated carbocycles. The molecule has 4 heteroatoms. The summed E-state index contributed by atoms with van der Waals surface area (Å²) in [5.41, 5.74) is 0. The molecule has 0 heterocycles. The zero-order chi connectivity index (χ0) is 11.8. The lowest BCUT2D eigenvalue weighted by Gasteiger charge is -2.25. The van der Waals surface area contributed by atoms with Gasteiger partial charge in [-0.25, -0.2) is 0 Å². The van der Waals surface area contributed by atoms with Gasteiger partial charge in [0.25, 0.3) is 0 Å². The van der Waals surface area contributed by atoms with Crippen LogP contribution >= 0.6 is 24.0 Å². The fourth-order valence-electron chi connectivity index (χ4n) is 2.03. The van der Waals surface area contributed by atoms with Crippen molar-refractivity contribution in [1.82, 2.24) is 10.6 Å². The largest absolute Gasteiger partial charge is 0.357 e. The van der Waals surface area contributed by atoms with Crippen molar-refractivity contribution >= 4 is 29.9 Å².